The molecule has 0 aliphatic rings. The van der Waals surface area contributed by atoms with Gasteiger partial charge in [0.25, 0.3) is 5.91 Å². The standard InChI is InChI=1S/C24H22Cl2N2O4/c1-5-28-13(2)19(14-6-8-15(9-7-14)23(30)27(3)4)22(29)20(24(31)32)21(28)16-10-11-17(25)18(26)12-16/h6-12H,5H2,1-4H3,(H,31,32). The Kier molecular flexibility index (Phi) is 6.77. The number of halogens is 2. The van der Waals surface area contributed by atoms with Crippen molar-refractivity contribution in [2.24, 2.45) is 0 Å². The van der Waals surface area contributed by atoms with Gasteiger partial charge in [0, 0.05) is 43.0 Å². The van der Waals surface area contributed by atoms with E-state index in [1.807, 2.05) is 6.92 Å². The minimum atomic E-state index is -1.33. The van der Waals surface area contributed by atoms with Crippen molar-refractivity contribution in [2.45, 2.75) is 20.4 Å². The number of carboxylic acid groups (broad SMARTS) is 1. The van der Waals surface area contributed by atoms with Gasteiger partial charge in [0.05, 0.1) is 15.7 Å². The van der Waals surface area contributed by atoms with E-state index < -0.39 is 11.4 Å². The van der Waals surface area contributed by atoms with Gasteiger partial charge in [-0.05, 0) is 43.7 Å². The quantitative estimate of drug-likeness (QED) is 0.551. The molecule has 32 heavy (non-hydrogen) atoms. The predicted octanol–water partition coefficient (Wildman–Crippen LogP) is 5.22. The SMILES string of the molecule is CCn1c(C)c(-c2ccc(C(=O)N(C)C)cc2)c(=O)c(C(=O)O)c1-c1ccc(Cl)c(Cl)c1. The summed E-state index contributed by atoms with van der Waals surface area (Å²) in [7, 11) is 3.31. The monoisotopic (exact) mass is 472 g/mol. The van der Waals surface area contributed by atoms with Crippen molar-refractivity contribution in [2.75, 3.05) is 14.1 Å². The molecule has 0 fully saturated rings. The van der Waals surface area contributed by atoms with Gasteiger partial charge in [0.2, 0.25) is 5.43 Å². The molecule has 2 aromatic carbocycles. The molecule has 0 spiro atoms. The van der Waals surface area contributed by atoms with Crippen LogP contribution in [0.5, 0.6) is 0 Å². The lowest BCUT2D eigenvalue weighted by molar-refractivity contribution is 0.0695. The van der Waals surface area contributed by atoms with E-state index in [0.717, 1.165) is 0 Å². The van der Waals surface area contributed by atoms with Crippen LogP contribution in [0.3, 0.4) is 0 Å². The highest BCUT2D eigenvalue weighted by atomic mass is 35.5. The maximum atomic E-state index is 13.4. The Morgan fingerprint density at radius 1 is 1.00 bits per heavy atom. The van der Waals surface area contributed by atoms with E-state index in [2.05, 4.69) is 0 Å². The second-order valence-electron chi connectivity index (χ2n) is 7.47. The summed E-state index contributed by atoms with van der Waals surface area (Å²) in [5.41, 5.74) is 1.69. The van der Waals surface area contributed by atoms with Gasteiger partial charge >= 0.3 is 5.97 Å². The van der Waals surface area contributed by atoms with Crippen LogP contribution in [0, 0.1) is 6.92 Å². The van der Waals surface area contributed by atoms with Gasteiger partial charge in [-0.1, -0.05) is 41.4 Å². The fourth-order valence-corrected chi connectivity index (χ4v) is 4.05. The highest BCUT2D eigenvalue weighted by Gasteiger charge is 2.26. The number of hydrogen-bond acceptors (Lipinski definition) is 3. The van der Waals surface area contributed by atoms with Gasteiger partial charge < -0.3 is 14.6 Å². The molecular weight excluding hydrogens is 451 g/mol. The molecular formula is C24H22Cl2N2O4. The summed E-state index contributed by atoms with van der Waals surface area (Å²) in [5, 5.41) is 10.6. The predicted molar refractivity (Wildman–Crippen MR) is 127 cm³/mol. The van der Waals surface area contributed by atoms with E-state index >= 15 is 0 Å². The lowest BCUT2D eigenvalue weighted by atomic mass is 9.95. The molecule has 0 unspecified atom stereocenters. The third-order valence-electron chi connectivity index (χ3n) is 5.28. The van der Waals surface area contributed by atoms with E-state index in [4.69, 9.17) is 23.2 Å². The molecule has 0 bridgehead atoms. The van der Waals surface area contributed by atoms with Gasteiger partial charge in [0.1, 0.15) is 5.56 Å². The average Bonchev–Trinajstić information content (AvgIpc) is 2.75. The second-order valence-corrected chi connectivity index (χ2v) is 8.28. The number of aromatic carboxylic acids is 1. The molecule has 0 aliphatic heterocycles. The Bertz CT molecular complexity index is 1280. The number of aromatic nitrogens is 1. The van der Waals surface area contributed by atoms with Gasteiger partial charge in [-0.3, -0.25) is 9.59 Å². The third kappa shape index (κ3) is 4.16. The number of benzene rings is 2. The van der Waals surface area contributed by atoms with Crippen LogP contribution >= 0.6 is 23.2 Å². The van der Waals surface area contributed by atoms with Crippen LogP contribution in [0.2, 0.25) is 10.0 Å². The highest BCUT2D eigenvalue weighted by Crippen LogP contribution is 2.33. The Labute approximate surface area is 195 Å². The fraction of sp³-hybridized carbons (Fsp3) is 0.208. The third-order valence-corrected chi connectivity index (χ3v) is 6.02. The second kappa shape index (κ2) is 9.18. The molecule has 0 atom stereocenters. The molecule has 8 heteroatoms. The number of carbonyl (C=O) groups excluding carboxylic acids is 1. The Hall–Kier alpha value is -3.09. The van der Waals surface area contributed by atoms with Crippen molar-refractivity contribution in [1.29, 1.82) is 0 Å². The summed E-state index contributed by atoms with van der Waals surface area (Å²) in [4.78, 5) is 39.3. The number of carboxylic acids is 1. The minimum Gasteiger partial charge on any atom is -0.477 e. The zero-order valence-electron chi connectivity index (χ0n) is 18.1. The van der Waals surface area contributed by atoms with Crippen LogP contribution in [-0.4, -0.2) is 40.5 Å². The molecule has 0 saturated heterocycles. The molecule has 1 aromatic heterocycles. The van der Waals surface area contributed by atoms with Crippen molar-refractivity contribution in [1.82, 2.24) is 9.47 Å². The Morgan fingerprint density at radius 3 is 2.09 bits per heavy atom. The molecule has 1 heterocycles. The number of nitrogens with zero attached hydrogens (tertiary/aromatic N) is 2. The number of rotatable bonds is 5. The van der Waals surface area contributed by atoms with Gasteiger partial charge in [0.15, 0.2) is 0 Å². The smallest absolute Gasteiger partial charge is 0.341 e. The van der Waals surface area contributed by atoms with Crippen molar-refractivity contribution in [3.05, 3.63) is 79.6 Å². The van der Waals surface area contributed by atoms with Crippen LogP contribution < -0.4 is 5.43 Å². The zero-order valence-corrected chi connectivity index (χ0v) is 19.6. The van der Waals surface area contributed by atoms with Gasteiger partial charge in [-0.15, -0.1) is 0 Å². The van der Waals surface area contributed by atoms with Crippen LogP contribution in [0.4, 0.5) is 0 Å². The summed E-state index contributed by atoms with van der Waals surface area (Å²) in [6, 6.07) is 11.3. The summed E-state index contributed by atoms with van der Waals surface area (Å²) in [6.07, 6.45) is 0. The summed E-state index contributed by atoms with van der Waals surface area (Å²) >= 11 is 12.2. The maximum Gasteiger partial charge on any atom is 0.341 e. The highest BCUT2D eigenvalue weighted by molar-refractivity contribution is 6.42. The first-order valence-corrected chi connectivity index (χ1v) is 10.6. The molecule has 3 aromatic rings. The van der Waals surface area contributed by atoms with Crippen LogP contribution in [0.1, 0.15) is 33.3 Å². The van der Waals surface area contributed by atoms with E-state index in [-0.39, 0.29) is 27.8 Å². The van der Waals surface area contributed by atoms with E-state index in [9.17, 15) is 19.5 Å². The Balaban J connectivity index is 2.32. The average molecular weight is 473 g/mol. The number of amides is 1. The molecule has 6 nitrogen and oxygen atoms in total. The van der Waals surface area contributed by atoms with Crippen molar-refractivity contribution in [3.63, 3.8) is 0 Å². The zero-order chi connectivity index (χ0) is 23.7. The molecule has 0 saturated carbocycles. The number of hydrogen-bond donors (Lipinski definition) is 1. The minimum absolute atomic E-state index is 0.166. The first-order chi connectivity index (χ1) is 15.1. The molecule has 1 N–H and O–H groups in total. The molecule has 166 valence electrons. The molecule has 3 rings (SSSR count). The lowest BCUT2D eigenvalue weighted by Gasteiger charge is -2.21. The van der Waals surface area contributed by atoms with Crippen molar-refractivity contribution < 1.29 is 14.7 Å². The van der Waals surface area contributed by atoms with E-state index in [1.165, 1.54) is 4.90 Å². The molecule has 1 amide bonds. The first kappa shape index (κ1) is 23.6. The van der Waals surface area contributed by atoms with E-state index in [0.29, 0.717) is 34.0 Å². The topological polar surface area (TPSA) is 79.6 Å². The summed E-state index contributed by atoms with van der Waals surface area (Å²) < 4.78 is 1.78. The van der Waals surface area contributed by atoms with Crippen molar-refractivity contribution >= 4 is 35.1 Å². The van der Waals surface area contributed by atoms with Gasteiger partial charge in [-0.25, -0.2) is 4.79 Å². The normalized spacial score (nSPS) is 10.8. The maximum absolute atomic E-state index is 13.4. The lowest BCUT2D eigenvalue weighted by Crippen LogP contribution is -2.25. The number of carbonyl (C=O) groups is 2. The summed E-state index contributed by atoms with van der Waals surface area (Å²) in [5.74, 6) is -1.50. The number of pyridine rings is 1. The van der Waals surface area contributed by atoms with Gasteiger partial charge in [-0.2, -0.15) is 0 Å². The van der Waals surface area contributed by atoms with Crippen LogP contribution in [-0.2, 0) is 6.54 Å². The van der Waals surface area contributed by atoms with Crippen LogP contribution in [0.25, 0.3) is 22.4 Å². The van der Waals surface area contributed by atoms with Crippen molar-refractivity contribution in [3.8, 4) is 22.4 Å². The largest absolute Gasteiger partial charge is 0.477 e. The van der Waals surface area contributed by atoms with Crippen LogP contribution in [0.15, 0.2) is 47.3 Å². The van der Waals surface area contributed by atoms with E-state index in [1.54, 1.807) is 68.1 Å². The Morgan fingerprint density at radius 2 is 1.59 bits per heavy atom. The molecule has 0 aliphatic carbocycles. The molecule has 0 radical (unpaired) electrons. The first-order valence-electron chi connectivity index (χ1n) is 9.86. The summed E-state index contributed by atoms with van der Waals surface area (Å²) in [6.45, 7) is 4.06. The fourth-order valence-electron chi connectivity index (χ4n) is 3.75.